The molecule has 0 aliphatic carbocycles. The molecule has 0 spiro atoms. The van der Waals surface area contributed by atoms with Crippen LogP contribution in [0.25, 0.3) is 17.2 Å². The zero-order valence-electron chi connectivity index (χ0n) is 14.7. The van der Waals surface area contributed by atoms with Crippen LogP contribution >= 0.6 is 0 Å². The maximum atomic E-state index is 13.2. The van der Waals surface area contributed by atoms with Crippen LogP contribution in [-0.2, 0) is 4.79 Å². The minimum absolute atomic E-state index is 0.119. The van der Waals surface area contributed by atoms with Crippen LogP contribution in [0.1, 0.15) is 37.0 Å². The van der Waals surface area contributed by atoms with E-state index in [1.165, 1.54) is 12.1 Å². The van der Waals surface area contributed by atoms with Crippen molar-refractivity contribution in [2.45, 2.75) is 27.2 Å². The molecule has 0 atom stereocenters. The van der Waals surface area contributed by atoms with Crippen molar-refractivity contribution in [3.8, 4) is 17.2 Å². The molecule has 0 aromatic heterocycles. The number of hydrogen-bond acceptors (Lipinski definition) is 2. The minimum Gasteiger partial charge on any atom is -0.352 e. The SMILES string of the molecule is CCCNC(=O)/C(C)=C/c1cc(C#N)cc(-c2ccc(F)cc2)c1C. The van der Waals surface area contributed by atoms with Gasteiger partial charge in [0.15, 0.2) is 0 Å². The van der Waals surface area contributed by atoms with E-state index in [1.807, 2.05) is 13.8 Å². The average Bonchev–Trinajstić information content (AvgIpc) is 2.62. The lowest BCUT2D eigenvalue weighted by molar-refractivity contribution is -0.117. The zero-order chi connectivity index (χ0) is 18.4. The standard InChI is InChI=1S/C21H21FN2O/c1-4-9-24-21(25)14(2)10-18-11-16(13-23)12-20(15(18)3)17-5-7-19(22)8-6-17/h5-8,10-12H,4,9H2,1-3H3,(H,24,25)/b14-10+. The van der Waals surface area contributed by atoms with Crippen molar-refractivity contribution in [1.29, 1.82) is 5.26 Å². The van der Waals surface area contributed by atoms with Crippen LogP contribution < -0.4 is 5.32 Å². The highest BCUT2D eigenvalue weighted by molar-refractivity contribution is 5.97. The van der Waals surface area contributed by atoms with Gasteiger partial charge in [-0.05, 0) is 72.9 Å². The molecule has 2 aromatic rings. The van der Waals surface area contributed by atoms with E-state index < -0.39 is 0 Å². The summed E-state index contributed by atoms with van der Waals surface area (Å²) in [6.45, 7) is 6.31. The van der Waals surface area contributed by atoms with Gasteiger partial charge < -0.3 is 5.32 Å². The smallest absolute Gasteiger partial charge is 0.246 e. The Morgan fingerprint density at radius 1 is 1.28 bits per heavy atom. The summed E-state index contributed by atoms with van der Waals surface area (Å²) in [6.07, 6.45) is 2.66. The molecule has 0 aliphatic heterocycles. The third-order valence-electron chi connectivity index (χ3n) is 4.00. The summed E-state index contributed by atoms with van der Waals surface area (Å²) < 4.78 is 13.2. The fourth-order valence-electron chi connectivity index (χ4n) is 2.56. The van der Waals surface area contributed by atoms with Gasteiger partial charge >= 0.3 is 0 Å². The molecule has 2 aromatic carbocycles. The number of carbonyl (C=O) groups is 1. The van der Waals surface area contributed by atoms with E-state index in [4.69, 9.17) is 0 Å². The molecule has 0 heterocycles. The van der Waals surface area contributed by atoms with Gasteiger partial charge in [0.2, 0.25) is 5.91 Å². The Kier molecular flexibility index (Phi) is 6.08. The van der Waals surface area contributed by atoms with E-state index in [1.54, 1.807) is 37.3 Å². The van der Waals surface area contributed by atoms with E-state index in [-0.39, 0.29) is 11.7 Å². The molecule has 4 heteroatoms. The second-order valence-corrected chi connectivity index (χ2v) is 5.94. The number of carbonyl (C=O) groups excluding carboxylic acids is 1. The maximum Gasteiger partial charge on any atom is 0.246 e. The van der Waals surface area contributed by atoms with Crippen LogP contribution in [0.4, 0.5) is 4.39 Å². The largest absolute Gasteiger partial charge is 0.352 e. The normalized spacial score (nSPS) is 11.1. The molecule has 0 aliphatic rings. The molecule has 3 nitrogen and oxygen atoms in total. The molecule has 0 saturated heterocycles. The Labute approximate surface area is 147 Å². The van der Waals surface area contributed by atoms with Crippen molar-refractivity contribution < 1.29 is 9.18 Å². The molecule has 25 heavy (non-hydrogen) atoms. The summed E-state index contributed by atoms with van der Waals surface area (Å²) in [5.74, 6) is -0.423. The van der Waals surface area contributed by atoms with Crippen LogP contribution in [0.2, 0.25) is 0 Å². The number of nitriles is 1. The van der Waals surface area contributed by atoms with Crippen molar-refractivity contribution in [3.63, 3.8) is 0 Å². The first-order valence-electron chi connectivity index (χ1n) is 8.23. The Morgan fingerprint density at radius 2 is 1.96 bits per heavy atom. The second kappa shape index (κ2) is 8.25. The van der Waals surface area contributed by atoms with Gasteiger partial charge in [-0.15, -0.1) is 0 Å². The van der Waals surface area contributed by atoms with Gasteiger partial charge in [0.25, 0.3) is 0 Å². The molecule has 0 fully saturated rings. The van der Waals surface area contributed by atoms with Gasteiger partial charge in [-0.25, -0.2) is 4.39 Å². The number of hydrogen-bond donors (Lipinski definition) is 1. The summed E-state index contributed by atoms with van der Waals surface area (Å²) >= 11 is 0. The first-order chi connectivity index (χ1) is 12.0. The van der Waals surface area contributed by atoms with Gasteiger partial charge in [0, 0.05) is 12.1 Å². The fraction of sp³-hybridized carbons (Fsp3) is 0.238. The Morgan fingerprint density at radius 3 is 2.56 bits per heavy atom. The first-order valence-corrected chi connectivity index (χ1v) is 8.23. The highest BCUT2D eigenvalue weighted by Crippen LogP contribution is 2.29. The molecule has 0 bridgehead atoms. The number of rotatable bonds is 5. The van der Waals surface area contributed by atoms with Crippen molar-refractivity contribution in [2.24, 2.45) is 0 Å². The van der Waals surface area contributed by atoms with Gasteiger partial charge in [-0.2, -0.15) is 5.26 Å². The molecule has 0 radical (unpaired) electrons. The molecular weight excluding hydrogens is 315 g/mol. The minimum atomic E-state index is -0.304. The summed E-state index contributed by atoms with van der Waals surface area (Å²) in [6, 6.07) is 11.9. The molecular formula is C21H21FN2O. The molecule has 128 valence electrons. The Bertz CT molecular complexity index is 845. The molecule has 1 amide bonds. The predicted molar refractivity (Wildman–Crippen MR) is 98.2 cm³/mol. The highest BCUT2D eigenvalue weighted by atomic mass is 19.1. The summed E-state index contributed by atoms with van der Waals surface area (Å²) in [7, 11) is 0. The Balaban J connectivity index is 2.49. The van der Waals surface area contributed by atoms with E-state index in [2.05, 4.69) is 11.4 Å². The van der Waals surface area contributed by atoms with Crippen LogP contribution in [0.5, 0.6) is 0 Å². The van der Waals surface area contributed by atoms with Crippen LogP contribution in [-0.4, -0.2) is 12.5 Å². The van der Waals surface area contributed by atoms with Crippen LogP contribution in [0, 0.1) is 24.1 Å². The second-order valence-electron chi connectivity index (χ2n) is 5.94. The van der Waals surface area contributed by atoms with Crippen LogP contribution in [0.15, 0.2) is 42.0 Å². The third-order valence-corrected chi connectivity index (χ3v) is 4.00. The molecule has 1 N–H and O–H groups in total. The molecule has 2 rings (SSSR count). The lowest BCUT2D eigenvalue weighted by Gasteiger charge is -2.12. The third kappa shape index (κ3) is 4.54. The zero-order valence-corrected chi connectivity index (χ0v) is 14.7. The van der Waals surface area contributed by atoms with Gasteiger partial charge in [0.05, 0.1) is 11.6 Å². The molecule has 0 saturated carbocycles. The van der Waals surface area contributed by atoms with E-state index >= 15 is 0 Å². The summed E-state index contributed by atoms with van der Waals surface area (Å²) in [4.78, 5) is 12.1. The topological polar surface area (TPSA) is 52.9 Å². The monoisotopic (exact) mass is 336 g/mol. The van der Waals surface area contributed by atoms with Crippen molar-refractivity contribution >= 4 is 12.0 Å². The summed E-state index contributed by atoms with van der Waals surface area (Å²) in [5.41, 5.74) is 4.51. The van der Waals surface area contributed by atoms with E-state index in [0.29, 0.717) is 17.7 Å². The first kappa shape index (κ1) is 18.4. The van der Waals surface area contributed by atoms with E-state index in [9.17, 15) is 14.4 Å². The number of benzene rings is 2. The quantitative estimate of drug-likeness (QED) is 0.811. The van der Waals surface area contributed by atoms with Gasteiger partial charge in [0.1, 0.15) is 5.82 Å². The highest BCUT2D eigenvalue weighted by Gasteiger charge is 2.10. The predicted octanol–water partition coefficient (Wildman–Crippen LogP) is 4.60. The number of amides is 1. The van der Waals surface area contributed by atoms with Gasteiger partial charge in [-0.1, -0.05) is 19.1 Å². The number of halogens is 1. The maximum absolute atomic E-state index is 13.2. The number of nitrogens with one attached hydrogen (secondary N) is 1. The lowest BCUT2D eigenvalue weighted by Crippen LogP contribution is -2.24. The molecule has 0 unspecified atom stereocenters. The summed E-state index contributed by atoms with van der Waals surface area (Å²) in [5, 5.41) is 12.2. The average molecular weight is 336 g/mol. The van der Waals surface area contributed by atoms with E-state index in [0.717, 1.165) is 28.7 Å². The van der Waals surface area contributed by atoms with Gasteiger partial charge in [-0.3, -0.25) is 4.79 Å². The fourth-order valence-corrected chi connectivity index (χ4v) is 2.56. The van der Waals surface area contributed by atoms with Crippen molar-refractivity contribution in [3.05, 3.63) is 64.5 Å². The van der Waals surface area contributed by atoms with Crippen molar-refractivity contribution in [1.82, 2.24) is 5.32 Å². The number of nitrogens with zero attached hydrogens (tertiary/aromatic N) is 1. The lowest BCUT2D eigenvalue weighted by atomic mass is 9.93. The van der Waals surface area contributed by atoms with Crippen molar-refractivity contribution in [2.75, 3.05) is 6.54 Å². The van der Waals surface area contributed by atoms with Crippen LogP contribution in [0.3, 0.4) is 0 Å². The Hall–Kier alpha value is -2.93.